The number of rotatable bonds is 7. The van der Waals surface area contributed by atoms with Crippen molar-refractivity contribution >= 4 is 6.03 Å². The van der Waals surface area contributed by atoms with Gasteiger partial charge in [-0.15, -0.1) is 0 Å². The van der Waals surface area contributed by atoms with Gasteiger partial charge in [-0.1, -0.05) is 26.7 Å². The highest BCUT2D eigenvalue weighted by molar-refractivity contribution is 5.73. The minimum Gasteiger partial charge on any atom is -0.467 e. The van der Waals surface area contributed by atoms with E-state index in [0.717, 1.165) is 12.8 Å². The third-order valence-electron chi connectivity index (χ3n) is 3.03. The molecule has 0 radical (unpaired) electrons. The van der Waals surface area contributed by atoms with Gasteiger partial charge in [0.25, 0.3) is 0 Å². The molecular formula is C13H22N2O3. The molecule has 1 heterocycles. The van der Waals surface area contributed by atoms with E-state index in [0.29, 0.717) is 18.2 Å². The number of carbonyl (C=O) groups excluding carboxylic acids is 1. The van der Waals surface area contributed by atoms with Gasteiger partial charge in [-0.2, -0.15) is 0 Å². The van der Waals surface area contributed by atoms with Gasteiger partial charge in [-0.05, 0) is 18.1 Å². The number of furan rings is 1. The van der Waals surface area contributed by atoms with Gasteiger partial charge in [0.05, 0.1) is 12.8 Å². The summed E-state index contributed by atoms with van der Waals surface area (Å²) in [7, 11) is 0. The van der Waals surface area contributed by atoms with Crippen LogP contribution in [0, 0.1) is 5.92 Å². The zero-order valence-corrected chi connectivity index (χ0v) is 11.0. The minimum absolute atomic E-state index is 0.141. The Morgan fingerprint density at radius 2 is 2.00 bits per heavy atom. The van der Waals surface area contributed by atoms with Crippen LogP contribution in [0.5, 0.6) is 0 Å². The van der Waals surface area contributed by atoms with Crippen molar-refractivity contribution in [1.82, 2.24) is 10.6 Å². The average molecular weight is 254 g/mol. The van der Waals surface area contributed by atoms with E-state index in [1.807, 2.05) is 0 Å². The fourth-order valence-corrected chi connectivity index (χ4v) is 1.65. The molecule has 0 spiro atoms. The van der Waals surface area contributed by atoms with E-state index in [4.69, 9.17) is 4.42 Å². The predicted octanol–water partition coefficient (Wildman–Crippen LogP) is 2.05. The van der Waals surface area contributed by atoms with Crippen molar-refractivity contribution < 1.29 is 14.3 Å². The molecule has 5 nitrogen and oxygen atoms in total. The van der Waals surface area contributed by atoms with Gasteiger partial charge in [-0.25, -0.2) is 4.79 Å². The second kappa shape index (κ2) is 7.76. The van der Waals surface area contributed by atoms with Gasteiger partial charge < -0.3 is 20.2 Å². The van der Waals surface area contributed by atoms with Crippen LogP contribution in [0.1, 0.15) is 38.6 Å². The molecule has 3 N–H and O–H groups in total. The molecule has 18 heavy (non-hydrogen) atoms. The molecule has 0 fully saturated rings. The van der Waals surface area contributed by atoms with Crippen molar-refractivity contribution in [3.63, 3.8) is 0 Å². The summed E-state index contributed by atoms with van der Waals surface area (Å²) in [6, 6.07) is 3.12. The van der Waals surface area contributed by atoms with Gasteiger partial charge >= 0.3 is 6.03 Å². The molecule has 0 bridgehead atoms. The third kappa shape index (κ3) is 4.79. The number of aliphatic hydroxyl groups excluding tert-OH is 1. The molecule has 1 aromatic rings. The third-order valence-corrected chi connectivity index (χ3v) is 3.03. The number of hydrogen-bond donors (Lipinski definition) is 3. The highest BCUT2D eigenvalue weighted by Gasteiger charge is 2.12. The smallest absolute Gasteiger partial charge is 0.314 e. The fourth-order valence-electron chi connectivity index (χ4n) is 1.65. The zero-order valence-electron chi connectivity index (χ0n) is 11.0. The summed E-state index contributed by atoms with van der Waals surface area (Å²) < 4.78 is 5.04. The standard InChI is InChI=1S/C13H22N2O3/c1-3-10(4-2)8-14-13(17)15-9-11(16)12-6-5-7-18-12/h5-7,10-11,16H,3-4,8-9H2,1-2H3,(H2,14,15,17). The molecule has 102 valence electrons. The molecule has 2 amide bonds. The van der Waals surface area contributed by atoms with Gasteiger partial charge in [0.2, 0.25) is 0 Å². The molecule has 1 aromatic heterocycles. The van der Waals surface area contributed by atoms with Gasteiger partial charge in [-0.3, -0.25) is 0 Å². The summed E-state index contributed by atoms with van der Waals surface area (Å²) in [6.45, 7) is 5.01. The van der Waals surface area contributed by atoms with Crippen molar-refractivity contribution in [2.45, 2.75) is 32.8 Å². The lowest BCUT2D eigenvalue weighted by atomic mass is 10.0. The Hall–Kier alpha value is -1.49. The monoisotopic (exact) mass is 254 g/mol. The molecule has 0 aliphatic heterocycles. The molecule has 0 aliphatic carbocycles. The largest absolute Gasteiger partial charge is 0.467 e. The zero-order chi connectivity index (χ0) is 13.4. The number of amides is 2. The summed E-state index contributed by atoms with van der Waals surface area (Å²) in [6.07, 6.45) is 2.78. The number of aliphatic hydroxyl groups is 1. The second-order valence-corrected chi connectivity index (χ2v) is 4.30. The Kier molecular flexibility index (Phi) is 6.28. The van der Waals surface area contributed by atoms with Crippen molar-refractivity contribution in [3.8, 4) is 0 Å². The average Bonchev–Trinajstić information content (AvgIpc) is 2.91. The van der Waals surface area contributed by atoms with Gasteiger partial charge in [0, 0.05) is 6.54 Å². The number of urea groups is 1. The maximum Gasteiger partial charge on any atom is 0.314 e. The van der Waals surface area contributed by atoms with E-state index in [-0.39, 0.29) is 12.6 Å². The molecule has 1 atom stereocenters. The summed E-state index contributed by atoms with van der Waals surface area (Å²) in [5, 5.41) is 15.1. The molecule has 0 saturated carbocycles. The fraction of sp³-hybridized carbons (Fsp3) is 0.615. The number of carbonyl (C=O) groups is 1. The highest BCUT2D eigenvalue weighted by Crippen LogP contribution is 2.11. The van der Waals surface area contributed by atoms with Gasteiger partial charge in [0.1, 0.15) is 11.9 Å². The maximum absolute atomic E-state index is 11.5. The van der Waals surface area contributed by atoms with E-state index >= 15 is 0 Å². The first-order chi connectivity index (χ1) is 8.67. The van der Waals surface area contributed by atoms with Crippen LogP contribution in [-0.4, -0.2) is 24.2 Å². The van der Waals surface area contributed by atoms with E-state index in [9.17, 15) is 9.90 Å². The van der Waals surface area contributed by atoms with Crippen molar-refractivity contribution in [2.24, 2.45) is 5.92 Å². The lowest BCUT2D eigenvalue weighted by molar-refractivity contribution is 0.147. The molecule has 0 aromatic carbocycles. The van der Waals surface area contributed by atoms with Crippen LogP contribution in [0.3, 0.4) is 0 Å². The minimum atomic E-state index is -0.807. The van der Waals surface area contributed by atoms with Crippen molar-refractivity contribution in [2.75, 3.05) is 13.1 Å². The summed E-state index contributed by atoms with van der Waals surface area (Å²) >= 11 is 0. The quantitative estimate of drug-likeness (QED) is 0.697. The van der Waals surface area contributed by atoms with Crippen LogP contribution < -0.4 is 10.6 Å². The van der Waals surface area contributed by atoms with Gasteiger partial charge in [0.15, 0.2) is 0 Å². The van der Waals surface area contributed by atoms with E-state index in [1.54, 1.807) is 12.1 Å². The van der Waals surface area contributed by atoms with E-state index in [2.05, 4.69) is 24.5 Å². The molecule has 1 unspecified atom stereocenters. The highest BCUT2D eigenvalue weighted by atomic mass is 16.4. The Bertz CT molecular complexity index is 334. The Labute approximate surface area is 108 Å². The number of nitrogens with one attached hydrogen (secondary N) is 2. The Morgan fingerprint density at radius 1 is 1.33 bits per heavy atom. The van der Waals surface area contributed by atoms with Crippen LogP contribution in [0.25, 0.3) is 0 Å². The molecule has 0 aliphatic rings. The Balaban J connectivity index is 2.21. The van der Waals surface area contributed by atoms with Crippen molar-refractivity contribution in [3.05, 3.63) is 24.2 Å². The first-order valence-electron chi connectivity index (χ1n) is 6.40. The first-order valence-corrected chi connectivity index (χ1v) is 6.40. The normalized spacial score (nSPS) is 12.4. The maximum atomic E-state index is 11.5. The summed E-state index contributed by atoms with van der Waals surface area (Å²) in [5.74, 6) is 0.959. The molecular weight excluding hydrogens is 232 g/mol. The second-order valence-electron chi connectivity index (χ2n) is 4.30. The lowest BCUT2D eigenvalue weighted by Gasteiger charge is -2.14. The topological polar surface area (TPSA) is 74.5 Å². The molecule has 5 heteroatoms. The van der Waals surface area contributed by atoms with E-state index in [1.165, 1.54) is 6.26 Å². The van der Waals surface area contributed by atoms with E-state index < -0.39 is 6.10 Å². The van der Waals surface area contributed by atoms with Crippen LogP contribution in [0.15, 0.2) is 22.8 Å². The van der Waals surface area contributed by atoms with Crippen LogP contribution in [-0.2, 0) is 0 Å². The van der Waals surface area contributed by atoms with Crippen molar-refractivity contribution in [1.29, 1.82) is 0 Å². The van der Waals surface area contributed by atoms with Crippen LogP contribution in [0.4, 0.5) is 4.79 Å². The Morgan fingerprint density at radius 3 is 2.56 bits per heavy atom. The first kappa shape index (κ1) is 14.6. The number of hydrogen-bond acceptors (Lipinski definition) is 3. The van der Waals surface area contributed by atoms with Crippen LogP contribution >= 0.6 is 0 Å². The molecule has 0 saturated heterocycles. The predicted molar refractivity (Wildman–Crippen MR) is 69.1 cm³/mol. The summed E-state index contributed by atoms with van der Waals surface area (Å²) in [5.41, 5.74) is 0. The lowest BCUT2D eigenvalue weighted by Crippen LogP contribution is -2.39. The van der Waals surface area contributed by atoms with Crippen LogP contribution in [0.2, 0.25) is 0 Å². The SMILES string of the molecule is CCC(CC)CNC(=O)NCC(O)c1ccco1. The molecule has 1 rings (SSSR count). The summed E-state index contributed by atoms with van der Waals surface area (Å²) in [4.78, 5) is 11.5.